The molecule has 0 bridgehead atoms. The topological polar surface area (TPSA) is 102 Å². The Morgan fingerprint density at radius 3 is 1.26 bits per heavy atom. The number of rotatable bonds is 50. The van der Waals surface area contributed by atoms with Gasteiger partial charge in [0.1, 0.15) is 12.6 Å². The maximum atomic E-state index is 12.8. The number of allylic oxidation sites excluding steroid dienone is 8. The van der Waals surface area contributed by atoms with Crippen LogP contribution in [0.3, 0.4) is 0 Å². The Morgan fingerprint density at radius 2 is 0.848 bits per heavy atom. The summed E-state index contributed by atoms with van der Waals surface area (Å²) in [5.74, 6) is -1.73. The van der Waals surface area contributed by atoms with Gasteiger partial charge in [-0.05, 0) is 51.4 Å². The Bertz CT molecular complexity index is 1220. The minimum Gasteiger partial charge on any atom is -0.544 e. The van der Waals surface area contributed by atoms with Crippen molar-refractivity contribution in [3.8, 4) is 0 Å². The van der Waals surface area contributed by atoms with Crippen molar-refractivity contribution < 1.29 is 38.2 Å². The molecule has 0 aliphatic heterocycles. The van der Waals surface area contributed by atoms with Crippen molar-refractivity contribution in [2.75, 3.05) is 41.0 Å². The van der Waals surface area contributed by atoms with Crippen LogP contribution in [0.2, 0.25) is 0 Å². The fraction of sp³-hybridized carbons (Fsp3) is 0.810. The Labute approximate surface area is 407 Å². The van der Waals surface area contributed by atoms with Crippen LogP contribution in [0.15, 0.2) is 48.6 Å². The molecule has 0 aliphatic carbocycles. The number of carboxylic acids is 1. The zero-order valence-corrected chi connectivity index (χ0v) is 43.9. The Balaban J connectivity index is 4.18. The number of unbranched alkanes of at least 4 members (excludes halogenated alkanes) is 28. The number of hydrogen-bond donors (Lipinski definition) is 0. The molecule has 2 unspecified atom stereocenters. The molecule has 0 radical (unpaired) electrons. The highest BCUT2D eigenvalue weighted by molar-refractivity contribution is 5.70. The van der Waals surface area contributed by atoms with Crippen LogP contribution >= 0.6 is 0 Å². The average Bonchev–Trinajstić information content (AvgIpc) is 3.28. The van der Waals surface area contributed by atoms with Crippen molar-refractivity contribution in [2.45, 2.75) is 264 Å². The lowest BCUT2D eigenvalue weighted by molar-refractivity contribution is -0.889. The Kier molecular flexibility index (Phi) is 46.7. The van der Waals surface area contributed by atoms with Crippen LogP contribution in [-0.2, 0) is 28.6 Å². The minimum atomic E-state index is -1.12. The number of esters is 2. The fourth-order valence-electron chi connectivity index (χ4n) is 8.24. The summed E-state index contributed by atoms with van der Waals surface area (Å²) in [5.41, 5.74) is 0. The second-order valence-electron chi connectivity index (χ2n) is 19.8. The molecule has 0 aliphatic rings. The van der Waals surface area contributed by atoms with E-state index in [-0.39, 0.29) is 42.7 Å². The number of aliphatic carboxylic acids is 1. The van der Waals surface area contributed by atoms with E-state index in [9.17, 15) is 19.5 Å². The first-order chi connectivity index (χ1) is 32.1. The molecular weight excluding hydrogens is 823 g/mol. The molecule has 66 heavy (non-hydrogen) atoms. The van der Waals surface area contributed by atoms with Gasteiger partial charge in [0.2, 0.25) is 0 Å². The van der Waals surface area contributed by atoms with E-state index in [4.69, 9.17) is 14.2 Å². The molecular formula is C58H105NO7. The highest BCUT2D eigenvalue weighted by Crippen LogP contribution is 2.17. The molecule has 0 spiro atoms. The van der Waals surface area contributed by atoms with Gasteiger partial charge in [-0.25, -0.2) is 0 Å². The normalized spacial score (nSPS) is 13.2. The van der Waals surface area contributed by atoms with Crippen molar-refractivity contribution in [3.05, 3.63) is 48.6 Å². The molecule has 0 amide bonds. The summed E-state index contributed by atoms with van der Waals surface area (Å²) in [5, 5.41) is 11.7. The van der Waals surface area contributed by atoms with Crippen LogP contribution in [0.1, 0.15) is 251 Å². The summed E-state index contributed by atoms with van der Waals surface area (Å²) in [4.78, 5) is 37.1. The summed E-state index contributed by atoms with van der Waals surface area (Å²) in [6, 6.07) is -0.727. The maximum absolute atomic E-state index is 12.8. The molecule has 8 nitrogen and oxygen atoms in total. The Hall–Kier alpha value is -2.71. The summed E-state index contributed by atoms with van der Waals surface area (Å²) in [6.07, 6.45) is 60.0. The van der Waals surface area contributed by atoms with Gasteiger partial charge in [0.05, 0.1) is 40.3 Å². The van der Waals surface area contributed by atoms with E-state index in [2.05, 4.69) is 62.5 Å². The number of quaternary nitrogens is 1. The molecule has 0 heterocycles. The summed E-state index contributed by atoms with van der Waals surface area (Å²) < 4.78 is 17.3. The van der Waals surface area contributed by atoms with Crippen molar-refractivity contribution in [3.63, 3.8) is 0 Å². The quantitative estimate of drug-likeness (QED) is 0.0259. The van der Waals surface area contributed by atoms with E-state index in [1.54, 1.807) is 0 Å². The van der Waals surface area contributed by atoms with Gasteiger partial charge in [0, 0.05) is 19.3 Å². The first-order valence-electron chi connectivity index (χ1n) is 27.7. The molecule has 384 valence electrons. The van der Waals surface area contributed by atoms with Crippen LogP contribution in [0.4, 0.5) is 0 Å². The van der Waals surface area contributed by atoms with Crippen LogP contribution < -0.4 is 5.11 Å². The molecule has 0 rings (SSSR count). The van der Waals surface area contributed by atoms with E-state index in [1.807, 2.05) is 21.1 Å². The maximum Gasteiger partial charge on any atom is 0.306 e. The number of carboxylic acid groups (broad SMARTS) is 1. The summed E-state index contributed by atoms with van der Waals surface area (Å²) >= 11 is 0. The van der Waals surface area contributed by atoms with Gasteiger partial charge >= 0.3 is 11.9 Å². The second-order valence-corrected chi connectivity index (χ2v) is 19.8. The average molecular weight is 928 g/mol. The predicted octanol–water partition coefficient (Wildman–Crippen LogP) is 15.0. The van der Waals surface area contributed by atoms with Gasteiger partial charge in [-0.15, -0.1) is 0 Å². The van der Waals surface area contributed by atoms with Gasteiger partial charge in [0.25, 0.3) is 0 Å². The van der Waals surface area contributed by atoms with E-state index >= 15 is 0 Å². The first kappa shape index (κ1) is 63.3. The third-order valence-corrected chi connectivity index (χ3v) is 12.5. The molecule has 0 saturated carbocycles. The number of carbonyl (C=O) groups excluding carboxylic acids is 3. The third kappa shape index (κ3) is 46.4. The second kappa shape index (κ2) is 48.7. The van der Waals surface area contributed by atoms with E-state index in [1.165, 1.54) is 154 Å². The fourth-order valence-corrected chi connectivity index (χ4v) is 8.24. The minimum absolute atomic E-state index is 0.0413. The van der Waals surface area contributed by atoms with E-state index in [0.717, 1.165) is 64.2 Å². The lowest BCUT2D eigenvalue weighted by atomic mass is 10.0. The number of carbonyl (C=O) groups is 3. The van der Waals surface area contributed by atoms with Crippen LogP contribution in [-0.4, -0.2) is 75.5 Å². The lowest BCUT2D eigenvalue weighted by Crippen LogP contribution is -2.55. The molecule has 0 N–H and O–H groups in total. The molecule has 0 fully saturated rings. The molecule has 8 heteroatoms. The van der Waals surface area contributed by atoms with Crippen molar-refractivity contribution in [1.29, 1.82) is 0 Å². The van der Waals surface area contributed by atoms with Crippen molar-refractivity contribution in [2.24, 2.45) is 0 Å². The SMILES string of the molecule is CC/C=C/C/C=C/C/C=C/C/C=C/CCCCCCCCCCCCC(=O)OC(COCCC(C(=O)[O-])[N+](C)(C)C)COC(=O)CCCCCCCCCCCCCCCCCCCCC. The molecule has 0 aromatic carbocycles. The third-order valence-electron chi connectivity index (χ3n) is 12.5. The van der Waals surface area contributed by atoms with Crippen molar-refractivity contribution >= 4 is 17.9 Å². The van der Waals surface area contributed by atoms with Crippen LogP contribution in [0.25, 0.3) is 0 Å². The standard InChI is InChI=1S/C58H105NO7/c1-6-8-10-12-14-16-18-20-22-24-26-27-28-29-31-33-35-37-39-41-43-45-47-49-57(61)66-54(52-64-51-50-55(58(62)63)59(3,4)5)53-65-56(60)48-46-44-42-40-38-36-34-32-30-25-23-21-19-17-15-13-11-9-7-2/h8,10,14,16,20,22,26-27,54-55H,6-7,9,11-13,15,17-19,21,23-25,28-53H2,1-5H3/b10-8+,16-14+,22-20+,27-26+. The summed E-state index contributed by atoms with van der Waals surface area (Å²) in [6.45, 7) is 4.59. The molecule has 0 aromatic heterocycles. The zero-order chi connectivity index (χ0) is 48.4. The predicted molar refractivity (Wildman–Crippen MR) is 277 cm³/mol. The first-order valence-corrected chi connectivity index (χ1v) is 27.7. The highest BCUT2D eigenvalue weighted by atomic mass is 16.6. The number of likely N-dealkylation sites (N-methyl/N-ethyl adjacent to an activating group) is 1. The van der Waals surface area contributed by atoms with Crippen molar-refractivity contribution in [1.82, 2.24) is 0 Å². The van der Waals surface area contributed by atoms with Gasteiger partial charge in [0.15, 0.2) is 6.10 Å². The smallest absolute Gasteiger partial charge is 0.306 e. The van der Waals surface area contributed by atoms with E-state index < -0.39 is 18.1 Å². The number of ether oxygens (including phenoxy) is 3. The zero-order valence-electron chi connectivity index (χ0n) is 43.9. The van der Waals surface area contributed by atoms with Gasteiger partial charge in [-0.1, -0.05) is 229 Å². The highest BCUT2D eigenvalue weighted by Gasteiger charge is 2.25. The lowest BCUT2D eigenvalue weighted by Gasteiger charge is -2.34. The monoisotopic (exact) mass is 928 g/mol. The summed E-state index contributed by atoms with van der Waals surface area (Å²) in [7, 11) is 5.42. The van der Waals surface area contributed by atoms with Gasteiger partial charge < -0.3 is 28.6 Å². The van der Waals surface area contributed by atoms with Gasteiger partial charge in [-0.2, -0.15) is 0 Å². The van der Waals surface area contributed by atoms with Gasteiger partial charge in [-0.3, -0.25) is 9.59 Å². The van der Waals surface area contributed by atoms with Crippen LogP contribution in [0.5, 0.6) is 0 Å². The Morgan fingerprint density at radius 1 is 0.470 bits per heavy atom. The van der Waals surface area contributed by atoms with Crippen LogP contribution in [0, 0.1) is 0 Å². The molecule has 0 aromatic rings. The molecule has 2 atom stereocenters. The van der Waals surface area contributed by atoms with E-state index in [0.29, 0.717) is 12.8 Å². The number of hydrogen-bond acceptors (Lipinski definition) is 7. The number of nitrogens with zero attached hydrogens (tertiary/aromatic N) is 1. The largest absolute Gasteiger partial charge is 0.544 e. The molecule has 0 saturated heterocycles.